The van der Waals surface area contributed by atoms with E-state index >= 15 is 0 Å². The van der Waals surface area contributed by atoms with E-state index in [1.54, 1.807) is 6.07 Å². The number of amides is 1. The lowest BCUT2D eigenvalue weighted by Gasteiger charge is -2.22. The molecule has 0 spiro atoms. The molecule has 2 aromatic rings. The number of carboxylic acids is 1. The van der Waals surface area contributed by atoms with Gasteiger partial charge in [-0.25, -0.2) is 9.97 Å². The van der Waals surface area contributed by atoms with Crippen LogP contribution < -0.4 is 5.32 Å². The highest BCUT2D eigenvalue weighted by Crippen LogP contribution is 2.10. The molecule has 1 heterocycles. The summed E-state index contributed by atoms with van der Waals surface area (Å²) in [6, 6.07) is 10.9. The second kappa shape index (κ2) is 8.00. The van der Waals surface area contributed by atoms with Gasteiger partial charge in [0, 0.05) is 12.4 Å². The first-order chi connectivity index (χ1) is 11.1. The van der Waals surface area contributed by atoms with Crippen molar-refractivity contribution in [3.8, 4) is 0 Å². The predicted octanol–water partition coefficient (Wildman–Crippen LogP) is 1.47. The first-order valence-electron chi connectivity index (χ1n) is 7.04. The Balaban J connectivity index is 2.05. The van der Waals surface area contributed by atoms with Crippen molar-refractivity contribution in [2.24, 2.45) is 5.92 Å². The van der Waals surface area contributed by atoms with Crippen molar-refractivity contribution in [3.63, 3.8) is 0 Å². The summed E-state index contributed by atoms with van der Waals surface area (Å²) in [6.07, 6.45) is 1.87. The maximum atomic E-state index is 12.1. The van der Waals surface area contributed by atoms with Crippen LogP contribution in [0, 0.1) is 5.92 Å². The molecule has 0 aliphatic heterocycles. The number of hydrogen-bond acceptors (Lipinski definition) is 5. The summed E-state index contributed by atoms with van der Waals surface area (Å²) in [4.78, 5) is 30.9. The molecule has 0 aliphatic rings. The quantitative estimate of drug-likeness (QED) is 0.750. The fourth-order valence-corrected chi connectivity index (χ4v) is 1.81. The number of hydrogen-bond donors (Lipinski definition) is 2. The van der Waals surface area contributed by atoms with Gasteiger partial charge < -0.3 is 15.2 Å². The minimum atomic E-state index is -1.07. The van der Waals surface area contributed by atoms with E-state index in [-0.39, 0.29) is 12.4 Å². The van der Waals surface area contributed by atoms with Gasteiger partial charge in [0.25, 0.3) is 5.91 Å². The number of ether oxygens (including phenoxy) is 1. The van der Waals surface area contributed by atoms with Crippen LogP contribution in [0.5, 0.6) is 0 Å². The second-order valence-electron chi connectivity index (χ2n) is 4.89. The molecular weight excluding hydrogens is 298 g/mol. The zero-order valence-electron chi connectivity index (χ0n) is 12.5. The Kier molecular flexibility index (Phi) is 5.76. The summed E-state index contributed by atoms with van der Waals surface area (Å²) < 4.78 is 5.58. The topological polar surface area (TPSA) is 101 Å². The van der Waals surface area contributed by atoms with Gasteiger partial charge >= 0.3 is 5.97 Å². The number of carbonyl (C=O) groups excluding carboxylic acids is 1. The molecule has 7 nitrogen and oxygen atoms in total. The van der Waals surface area contributed by atoms with E-state index in [1.165, 1.54) is 19.3 Å². The van der Waals surface area contributed by atoms with Gasteiger partial charge in [0.2, 0.25) is 5.82 Å². The zero-order valence-corrected chi connectivity index (χ0v) is 12.5. The van der Waals surface area contributed by atoms with Gasteiger partial charge in [0.05, 0.1) is 12.5 Å². The van der Waals surface area contributed by atoms with Crippen LogP contribution in [0.15, 0.2) is 48.8 Å². The molecule has 1 amide bonds. The van der Waals surface area contributed by atoms with E-state index < -0.39 is 24.0 Å². The summed E-state index contributed by atoms with van der Waals surface area (Å²) in [5.74, 6) is -2.63. The Bertz CT molecular complexity index is 649. The SMILES string of the molecule is CC(C(=O)O)C(NC(=O)c1ncccn1)OCc1ccccc1. The van der Waals surface area contributed by atoms with Crippen LogP contribution in [0.2, 0.25) is 0 Å². The van der Waals surface area contributed by atoms with Crippen LogP contribution in [0.1, 0.15) is 23.1 Å². The van der Waals surface area contributed by atoms with E-state index in [2.05, 4.69) is 15.3 Å². The first kappa shape index (κ1) is 16.6. The molecule has 0 aliphatic carbocycles. The van der Waals surface area contributed by atoms with Gasteiger partial charge in [-0.1, -0.05) is 30.3 Å². The first-order valence-corrected chi connectivity index (χ1v) is 7.04. The highest BCUT2D eigenvalue weighted by Gasteiger charge is 2.27. The van der Waals surface area contributed by atoms with E-state index in [0.29, 0.717) is 0 Å². The van der Waals surface area contributed by atoms with Gasteiger partial charge in [-0.3, -0.25) is 9.59 Å². The number of nitrogens with zero attached hydrogens (tertiary/aromatic N) is 2. The molecule has 1 aromatic carbocycles. The summed E-state index contributed by atoms with van der Waals surface area (Å²) >= 11 is 0. The molecule has 0 bridgehead atoms. The molecule has 2 atom stereocenters. The van der Waals surface area contributed by atoms with Gasteiger partial charge in [0.1, 0.15) is 6.23 Å². The Hall–Kier alpha value is -2.80. The van der Waals surface area contributed by atoms with Crippen LogP contribution in [0.25, 0.3) is 0 Å². The van der Waals surface area contributed by atoms with E-state index in [4.69, 9.17) is 4.74 Å². The van der Waals surface area contributed by atoms with Crippen molar-refractivity contribution in [3.05, 3.63) is 60.2 Å². The number of carboxylic acid groups (broad SMARTS) is 1. The Morgan fingerprint density at radius 3 is 2.43 bits per heavy atom. The highest BCUT2D eigenvalue weighted by molar-refractivity contribution is 5.90. The number of aromatic nitrogens is 2. The second-order valence-corrected chi connectivity index (χ2v) is 4.89. The molecule has 0 fully saturated rings. The van der Waals surface area contributed by atoms with Crippen molar-refractivity contribution >= 4 is 11.9 Å². The van der Waals surface area contributed by atoms with Crippen molar-refractivity contribution < 1.29 is 19.4 Å². The lowest BCUT2D eigenvalue weighted by molar-refractivity contribution is -0.147. The van der Waals surface area contributed by atoms with Gasteiger partial charge in [-0.15, -0.1) is 0 Å². The molecule has 2 unspecified atom stereocenters. The van der Waals surface area contributed by atoms with Crippen LogP contribution in [0.4, 0.5) is 0 Å². The van der Waals surface area contributed by atoms with Gasteiger partial charge in [-0.05, 0) is 18.6 Å². The normalized spacial score (nSPS) is 13.1. The van der Waals surface area contributed by atoms with Crippen molar-refractivity contribution in [1.29, 1.82) is 0 Å². The maximum Gasteiger partial charge on any atom is 0.310 e. The lowest BCUT2D eigenvalue weighted by atomic mass is 10.1. The monoisotopic (exact) mass is 315 g/mol. The molecular formula is C16H17N3O4. The summed E-state index contributed by atoms with van der Waals surface area (Å²) in [7, 11) is 0. The largest absolute Gasteiger partial charge is 0.481 e. The molecule has 120 valence electrons. The molecule has 2 rings (SSSR count). The van der Waals surface area contributed by atoms with E-state index in [9.17, 15) is 14.7 Å². The van der Waals surface area contributed by atoms with Crippen LogP contribution in [-0.4, -0.2) is 33.2 Å². The highest BCUT2D eigenvalue weighted by atomic mass is 16.5. The number of benzene rings is 1. The van der Waals surface area contributed by atoms with Crippen LogP contribution in [0.3, 0.4) is 0 Å². The molecule has 0 saturated carbocycles. The molecule has 7 heteroatoms. The third-order valence-corrected chi connectivity index (χ3v) is 3.16. The Morgan fingerprint density at radius 1 is 1.17 bits per heavy atom. The molecule has 2 N–H and O–H groups in total. The van der Waals surface area contributed by atoms with E-state index in [0.717, 1.165) is 5.56 Å². The van der Waals surface area contributed by atoms with Crippen LogP contribution in [-0.2, 0) is 16.1 Å². The Labute approximate surface area is 133 Å². The minimum Gasteiger partial charge on any atom is -0.481 e. The number of rotatable bonds is 7. The third-order valence-electron chi connectivity index (χ3n) is 3.16. The third kappa shape index (κ3) is 4.86. The average molecular weight is 315 g/mol. The summed E-state index contributed by atoms with van der Waals surface area (Å²) in [5.41, 5.74) is 0.875. The lowest BCUT2D eigenvalue weighted by Crippen LogP contribution is -2.44. The molecule has 0 saturated heterocycles. The molecule has 1 aromatic heterocycles. The molecule has 23 heavy (non-hydrogen) atoms. The van der Waals surface area contributed by atoms with Crippen LogP contribution >= 0.6 is 0 Å². The maximum absolute atomic E-state index is 12.1. The zero-order chi connectivity index (χ0) is 16.7. The summed E-state index contributed by atoms with van der Waals surface area (Å²) in [5, 5.41) is 11.7. The number of aliphatic carboxylic acids is 1. The average Bonchev–Trinajstić information content (AvgIpc) is 2.59. The smallest absolute Gasteiger partial charge is 0.310 e. The van der Waals surface area contributed by atoms with Crippen molar-refractivity contribution in [1.82, 2.24) is 15.3 Å². The van der Waals surface area contributed by atoms with Crippen molar-refractivity contribution in [2.45, 2.75) is 19.8 Å². The number of nitrogens with one attached hydrogen (secondary N) is 1. The summed E-state index contributed by atoms with van der Waals surface area (Å²) in [6.45, 7) is 1.64. The standard InChI is InChI=1S/C16H17N3O4/c1-11(16(21)22)15(23-10-12-6-3-2-4-7-12)19-14(20)13-17-8-5-9-18-13/h2-9,11,15H,10H2,1H3,(H,19,20)(H,21,22). The van der Waals surface area contributed by atoms with Gasteiger partial charge in [-0.2, -0.15) is 0 Å². The van der Waals surface area contributed by atoms with Gasteiger partial charge in [0.15, 0.2) is 0 Å². The fourth-order valence-electron chi connectivity index (χ4n) is 1.81. The number of carbonyl (C=O) groups is 2. The van der Waals surface area contributed by atoms with E-state index in [1.807, 2.05) is 30.3 Å². The minimum absolute atomic E-state index is 0.0431. The predicted molar refractivity (Wildman–Crippen MR) is 81.3 cm³/mol. The van der Waals surface area contributed by atoms with Crippen molar-refractivity contribution in [2.75, 3.05) is 0 Å². The fraction of sp³-hybridized carbons (Fsp3) is 0.250. The molecule has 0 radical (unpaired) electrons. The Morgan fingerprint density at radius 2 is 1.83 bits per heavy atom.